The van der Waals surface area contributed by atoms with E-state index in [4.69, 9.17) is 5.73 Å². The van der Waals surface area contributed by atoms with Crippen LogP contribution in [0.1, 0.15) is 44.2 Å². The molecule has 0 unspecified atom stereocenters. The molecule has 130 valence electrons. The van der Waals surface area contributed by atoms with E-state index < -0.39 is 0 Å². The van der Waals surface area contributed by atoms with Gasteiger partial charge in [0.1, 0.15) is 0 Å². The third kappa shape index (κ3) is 6.67. The lowest BCUT2D eigenvalue weighted by Crippen LogP contribution is -2.37. The molecule has 1 aliphatic carbocycles. The van der Waals surface area contributed by atoms with Gasteiger partial charge >= 0.3 is 0 Å². The zero-order chi connectivity index (χ0) is 15.8. The number of aliphatic imine (C=N–C) groups is 1. The molecule has 1 aromatic carbocycles. The van der Waals surface area contributed by atoms with Crippen LogP contribution in [0.15, 0.2) is 29.3 Å². The molecule has 2 rings (SSSR count). The van der Waals surface area contributed by atoms with Gasteiger partial charge in [-0.2, -0.15) is 0 Å². The fourth-order valence-corrected chi connectivity index (χ4v) is 2.73. The summed E-state index contributed by atoms with van der Waals surface area (Å²) in [6.45, 7) is 9.14. The Morgan fingerprint density at radius 1 is 1.22 bits per heavy atom. The fourth-order valence-electron chi connectivity index (χ4n) is 2.73. The standard InChI is InChI=1S/C18H30N4.HI/c1-3-22(4-2)14-17-11-6-5-10-16(17)13-21-18(19)20-12-15-8-7-9-15;/h5-6,10-11,15H,3-4,7-9,12-14H2,1-2H3,(H3,19,20,21);1H. The van der Waals surface area contributed by atoms with E-state index in [0.29, 0.717) is 12.5 Å². The molecular weight excluding hydrogens is 399 g/mol. The molecule has 4 nitrogen and oxygen atoms in total. The van der Waals surface area contributed by atoms with E-state index in [-0.39, 0.29) is 24.0 Å². The van der Waals surface area contributed by atoms with Crippen LogP contribution >= 0.6 is 24.0 Å². The third-order valence-corrected chi connectivity index (χ3v) is 4.62. The van der Waals surface area contributed by atoms with Gasteiger partial charge < -0.3 is 11.1 Å². The Labute approximate surface area is 157 Å². The van der Waals surface area contributed by atoms with Crippen LogP contribution in [0.3, 0.4) is 0 Å². The minimum Gasteiger partial charge on any atom is -0.370 e. The van der Waals surface area contributed by atoms with Gasteiger partial charge in [-0.3, -0.25) is 4.90 Å². The SMILES string of the molecule is CCN(CC)Cc1ccccc1CN=C(N)NCC1CCC1.I. The van der Waals surface area contributed by atoms with Crippen molar-refractivity contribution in [3.05, 3.63) is 35.4 Å². The number of halogens is 1. The molecule has 1 aliphatic rings. The van der Waals surface area contributed by atoms with Crippen LogP contribution in [0.4, 0.5) is 0 Å². The molecule has 0 radical (unpaired) electrons. The molecular formula is C18H31IN4. The van der Waals surface area contributed by atoms with E-state index in [1.54, 1.807) is 0 Å². The number of hydrogen-bond donors (Lipinski definition) is 2. The van der Waals surface area contributed by atoms with Gasteiger partial charge in [0.05, 0.1) is 6.54 Å². The van der Waals surface area contributed by atoms with Crippen LogP contribution < -0.4 is 11.1 Å². The van der Waals surface area contributed by atoms with Gasteiger partial charge in [-0.15, -0.1) is 24.0 Å². The lowest BCUT2D eigenvalue weighted by Gasteiger charge is -2.25. The van der Waals surface area contributed by atoms with Gasteiger partial charge in [-0.25, -0.2) is 4.99 Å². The summed E-state index contributed by atoms with van der Waals surface area (Å²) >= 11 is 0. The van der Waals surface area contributed by atoms with Crippen molar-refractivity contribution in [3.63, 3.8) is 0 Å². The maximum absolute atomic E-state index is 5.98. The topological polar surface area (TPSA) is 53.6 Å². The van der Waals surface area contributed by atoms with Gasteiger partial charge in [0.25, 0.3) is 0 Å². The van der Waals surface area contributed by atoms with Gasteiger partial charge in [0.2, 0.25) is 0 Å². The number of benzene rings is 1. The predicted octanol–water partition coefficient (Wildman–Crippen LogP) is 3.35. The zero-order valence-electron chi connectivity index (χ0n) is 14.4. The van der Waals surface area contributed by atoms with E-state index in [1.807, 2.05) is 0 Å². The molecule has 0 aliphatic heterocycles. The van der Waals surface area contributed by atoms with Crippen LogP contribution in [-0.4, -0.2) is 30.5 Å². The van der Waals surface area contributed by atoms with Gasteiger partial charge in [0, 0.05) is 13.1 Å². The van der Waals surface area contributed by atoms with Gasteiger partial charge in [0.15, 0.2) is 5.96 Å². The minimum atomic E-state index is 0. The first kappa shape index (κ1) is 20.2. The van der Waals surface area contributed by atoms with Gasteiger partial charge in [-0.1, -0.05) is 44.5 Å². The van der Waals surface area contributed by atoms with Crippen molar-refractivity contribution in [3.8, 4) is 0 Å². The van der Waals surface area contributed by atoms with Crippen LogP contribution in [0, 0.1) is 5.92 Å². The lowest BCUT2D eigenvalue weighted by molar-refractivity contribution is 0.295. The number of hydrogen-bond acceptors (Lipinski definition) is 2. The van der Waals surface area contributed by atoms with E-state index in [0.717, 1.165) is 32.1 Å². The highest BCUT2D eigenvalue weighted by atomic mass is 127. The Kier molecular flexibility index (Phi) is 9.55. The smallest absolute Gasteiger partial charge is 0.188 e. The number of nitrogens with zero attached hydrogens (tertiary/aromatic N) is 2. The Hall–Kier alpha value is -0.820. The quantitative estimate of drug-likeness (QED) is 0.378. The Balaban J connectivity index is 0.00000264. The average Bonchev–Trinajstić information content (AvgIpc) is 2.50. The molecule has 5 heteroatoms. The molecule has 0 atom stereocenters. The molecule has 0 spiro atoms. The second-order valence-corrected chi connectivity index (χ2v) is 6.11. The highest BCUT2D eigenvalue weighted by Crippen LogP contribution is 2.25. The first-order valence-electron chi connectivity index (χ1n) is 8.55. The molecule has 0 bridgehead atoms. The van der Waals surface area contributed by atoms with Crippen molar-refractivity contribution in [2.45, 2.75) is 46.2 Å². The summed E-state index contributed by atoms with van der Waals surface area (Å²) in [6.07, 6.45) is 4.02. The Bertz CT molecular complexity index is 482. The van der Waals surface area contributed by atoms with Gasteiger partial charge in [-0.05, 0) is 43.0 Å². The summed E-state index contributed by atoms with van der Waals surface area (Å²) in [5.41, 5.74) is 8.60. The zero-order valence-corrected chi connectivity index (χ0v) is 16.8. The molecule has 1 aromatic rings. The molecule has 0 aromatic heterocycles. The molecule has 0 saturated heterocycles. The summed E-state index contributed by atoms with van der Waals surface area (Å²) in [4.78, 5) is 6.93. The molecule has 1 fully saturated rings. The monoisotopic (exact) mass is 430 g/mol. The molecule has 23 heavy (non-hydrogen) atoms. The van der Waals surface area contributed by atoms with Crippen LogP contribution in [-0.2, 0) is 13.1 Å². The second kappa shape index (κ2) is 10.9. The fraction of sp³-hybridized carbons (Fsp3) is 0.611. The largest absolute Gasteiger partial charge is 0.370 e. The normalized spacial score (nSPS) is 15.2. The molecule has 1 saturated carbocycles. The molecule has 3 N–H and O–H groups in total. The number of nitrogens with two attached hydrogens (primary N) is 1. The molecule has 0 amide bonds. The van der Waals surface area contributed by atoms with Crippen molar-refractivity contribution in [2.75, 3.05) is 19.6 Å². The summed E-state index contributed by atoms with van der Waals surface area (Å²) in [6, 6.07) is 8.53. The minimum absolute atomic E-state index is 0. The van der Waals surface area contributed by atoms with E-state index in [9.17, 15) is 0 Å². The van der Waals surface area contributed by atoms with Crippen molar-refractivity contribution >= 4 is 29.9 Å². The highest BCUT2D eigenvalue weighted by Gasteiger charge is 2.16. The van der Waals surface area contributed by atoms with Crippen molar-refractivity contribution < 1.29 is 0 Å². The summed E-state index contributed by atoms with van der Waals surface area (Å²) in [7, 11) is 0. The van der Waals surface area contributed by atoms with E-state index in [2.05, 4.69) is 53.3 Å². The van der Waals surface area contributed by atoms with E-state index in [1.165, 1.54) is 30.4 Å². The van der Waals surface area contributed by atoms with E-state index >= 15 is 0 Å². The predicted molar refractivity (Wildman–Crippen MR) is 109 cm³/mol. The average molecular weight is 430 g/mol. The van der Waals surface area contributed by atoms with Crippen LogP contribution in [0.2, 0.25) is 0 Å². The Morgan fingerprint density at radius 3 is 2.43 bits per heavy atom. The van der Waals surface area contributed by atoms with Crippen LogP contribution in [0.5, 0.6) is 0 Å². The Morgan fingerprint density at radius 2 is 1.87 bits per heavy atom. The number of nitrogens with one attached hydrogen (secondary N) is 1. The van der Waals surface area contributed by atoms with Crippen molar-refractivity contribution in [1.82, 2.24) is 10.2 Å². The third-order valence-electron chi connectivity index (χ3n) is 4.62. The summed E-state index contributed by atoms with van der Waals surface area (Å²) in [5, 5.41) is 3.25. The number of rotatable bonds is 8. The summed E-state index contributed by atoms with van der Waals surface area (Å²) < 4.78 is 0. The second-order valence-electron chi connectivity index (χ2n) is 6.11. The lowest BCUT2D eigenvalue weighted by atomic mass is 9.85. The number of guanidine groups is 1. The van der Waals surface area contributed by atoms with Crippen LogP contribution in [0.25, 0.3) is 0 Å². The van der Waals surface area contributed by atoms with Crippen molar-refractivity contribution in [1.29, 1.82) is 0 Å². The summed E-state index contributed by atoms with van der Waals surface area (Å²) in [5.74, 6) is 1.37. The maximum Gasteiger partial charge on any atom is 0.188 e. The first-order valence-corrected chi connectivity index (χ1v) is 8.55. The first-order chi connectivity index (χ1) is 10.7. The highest BCUT2D eigenvalue weighted by molar-refractivity contribution is 14.0. The maximum atomic E-state index is 5.98. The van der Waals surface area contributed by atoms with Crippen molar-refractivity contribution in [2.24, 2.45) is 16.6 Å². The molecule has 0 heterocycles.